The molecule has 0 bridgehead atoms. The van der Waals surface area contributed by atoms with Crippen LogP contribution in [0.2, 0.25) is 0 Å². The molecule has 2 aromatic carbocycles. The molecule has 0 atom stereocenters. The van der Waals surface area contributed by atoms with Gasteiger partial charge in [0.1, 0.15) is 10.6 Å². The molecule has 0 aliphatic carbocycles. The zero-order valence-electron chi connectivity index (χ0n) is 14.3. The molecule has 2 aromatic heterocycles. The maximum absolute atomic E-state index is 12.6. The topological polar surface area (TPSA) is 55.1 Å². The average Bonchev–Trinajstić information content (AvgIpc) is 3.17. The van der Waals surface area contributed by atoms with Crippen molar-refractivity contribution >= 4 is 38.4 Å². The fraction of sp³-hybridized carbons (Fsp3) is 0.200. The summed E-state index contributed by atoms with van der Waals surface area (Å²) in [5.74, 6) is 0.176. The van der Waals surface area contributed by atoms with Crippen LogP contribution in [-0.2, 0) is 6.54 Å². The summed E-state index contributed by atoms with van der Waals surface area (Å²) in [6.07, 6.45) is 0. The van der Waals surface area contributed by atoms with E-state index in [9.17, 15) is 4.79 Å². The van der Waals surface area contributed by atoms with Crippen LogP contribution in [0.1, 0.15) is 32.3 Å². The van der Waals surface area contributed by atoms with E-state index in [0.717, 1.165) is 42.9 Å². The second-order valence-electron chi connectivity index (χ2n) is 6.20. The molecule has 1 amide bonds. The molecule has 0 saturated carbocycles. The first-order valence-corrected chi connectivity index (χ1v) is 8.98. The van der Waals surface area contributed by atoms with Gasteiger partial charge in [-0.25, -0.2) is 4.98 Å². The van der Waals surface area contributed by atoms with Crippen molar-refractivity contribution in [3.05, 3.63) is 63.9 Å². The number of thiazole rings is 1. The van der Waals surface area contributed by atoms with Gasteiger partial charge in [-0.1, -0.05) is 24.3 Å². The molecule has 0 unspecified atom stereocenters. The van der Waals surface area contributed by atoms with Gasteiger partial charge >= 0.3 is 0 Å². The Bertz CT molecular complexity index is 1070. The Hall–Kier alpha value is -2.66. The van der Waals surface area contributed by atoms with Gasteiger partial charge in [0.15, 0.2) is 5.76 Å². The Labute approximate surface area is 149 Å². The van der Waals surface area contributed by atoms with Crippen molar-refractivity contribution in [1.29, 1.82) is 0 Å². The zero-order chi connectivity index (χ0) is 17.6. The first kappa shape index (κ1) is 15.8. The van der Waals surface area contributed by atoms with Crippen molar-refractivity contribution in [3.8, 4) is 0 Å². The van der Waals surface area contributed by atoms with E-state index in [1.165, 1.54) is 0 Å². The molecule has 0 aliphatic heterocycles. The highest BCUT2D eigenvalue weighted by atomic mass is 32.1. The molecule has 0 spiro atoms. The van der Waals surface area contributed by atoms with Crippen LogP contribution in [0, 0.1) is 20.8 Å². The minimum absolute atomic E-state index is 0.204. The smallest absolute Gasteiger partial charge is 0.287 e. The molecule has 1 N–H and O–H groups in total. The number of nitrogens with zero attached hydrogens (tertiary/aromatic N) is 1. The van der Waals surface area contributed by atoms with Crippen molar-refractivity contribution in [2.24, 2.45) is 0 Å². The first-order valence-electron chi connectivity index (χ1n) is 8.16. The minimum atomic E-state index is -0.204. The molecular formula is C20H18N2O2S. The number of carbonyl (C=O) groups excluding carboxylic acids is 1. The maximum Gasteiger partial charge on any atom is 0.287 e. The molecule has 0 radical (unpaired) electrons. The maximum atomic E-state index is 12.6. The first-order chi connectivity index (χ1) is 12.0. The van der Waals surface area contributed by atoms with Crippen molar-refractivity contribution < 1.29 is 9.21 Å². The van der Waals surface area contributed by atoms with Crippen molar-refractivity contribution in [3.63, 3.8) is 0 Å². The van der Waals surface area contributed by atoms with E-state index in [-0.39, 0.29) is 5.91 Å². The number of hydrogen-bond acceptors (Lipinski definition) is 4. The highest BCUT2D eigenvalue weighted by molar-refractivity contribution is 7.18. The van der Waals surface area contributed by atoms with E-state index in [2.05, 4.69) is 16.4 Å². The fourth-order valence-corrected chi connectivity index (χ4v) is 3.87. The lowest BCUT2D eigenvalue weighted by Gasteiger charge is -2.01. The number of fused-ring (bicyclic) bond motifs is 2. The van der Waals surface area contributed by atoms with Crippen LogP contribution in [0.25, 0.3) is 21.2 Å². The van der Waals surface area contributed by atoms with Gasteiger partial charge in [0, 0.05) is 10.9 Å². The summed E-state index contributed by atoms with van der Waals surface area (Å²) in [7, 11) is 0. The number of nitrogens with one attached hydrogen (secondary N) is 1. The Morgan fingerprint density at radius 3 is 2.72 bits per heavy atom. The van der Waals surface area contributed by atoms with Crippen LogP contribution in [0.5, 0.6) is 0 Å². The SMILES string of the molecule is Cc1ccc2c(C)c(C(=O)NCc3nc4ccccc4s3)oc2c1C. The lowest BCUT2D eigenvalue weighted by molar-refractivity contribution is 0.0924. The summed E-state index contributed by atoms with van der Waals surface area (Å²) < 4.78 is 7.01. The number of aromatic nitrogens is 1. The average molecular weight is 350 g/mol. The van der Waals surface area contributed by atoms with Crippen LogP contribution in [0.3, 0.4) is 0 Å². The Kier molecular flexibility index (Phi) is 3.81. The number of rotatable bonds is 3. The summed E-state index contributed by atoms with van der Waals surface area (Å²) in [5.41, 5.74) is 4.86. The third-order valence-electron chi connectivity index (χ3n) is 4.57. The van der Waals surface area contributed by atoms with Gasteiger partial charge in [-0.15, -0.1) is 11.3 Å². The molecule has 4 aromatic rings. The molecule has 0 aliphatic rings. The van der Waals surface area contributed by atoms with Gasteiger partial charge in [-0.2, -0.15) is 0 Å². The van der Waals surface area contributed by atoms with Gasteiger partial charge in [-0.3, -0.25) is 4.79 Å². The van der Waals surface area contributed by atoms with E-state index >= 15 is 0 Å². The predicted molar refractivity (Wildman–Crippen MR) is 101 cm³/mol. The number of aryl methyl sites for hydroxylation is 3. The van der Waals surface area contributed by atoms with Gasteiger partial charge < -0.3 is 9.73 Å². The Balaban J connectivity index is 1.59. The third-order valence-corrected chi connectivity index (χ3v) is 5.61. The standard InChI is InChI=1S/C20H18N2O2S/c1-11-8-9-14-13(3)19(24-18(14)12(11)2)20(23)21-10-17-22-15-6-4-5-7-16(15)25-17/h4-9H,10H2,1-3H3,(H,21,23). The number of hydrogen-bond donors (Lipinski definition) is 1. The van der Waals surface area contributed by atoms with Crippen LogP contribution >= 0.6 is 11.3 Å². The molecule has 5 heteroatoms. The van der Waals surface area contributed by atoms with Gasteiger partial charge in [0.05, 0.1) is 16.8 Å². The Morgan fingerprint density at radius 1 is 1.12 bits per heavy atom. The molecule has 2 heterocycles. The van der Waals surface area contributed by atoms with Crippen LogP contribution in [0.15, 0.2) is 40.8 Å². The lowest BCUT2D eigenvalue weighted by atomic mass is 10.0. The van der Waals surface area contributed by atoms with E-state index < -0.39 is 0 Å². The second-order valence-corrected chi connectivity index (χ2v) is 7.31. The predicted octanol–water partition coefficient (Wildman–Crippen LogP) is 4.90. The summed E-state index contributed by atoms with van der Waals surface area (Å²) in [5, 5.41) is 4.81. The van der Waals surface area contributed by atoms with E-state index in [4.69, 9.17) is 4.42 Å². The molecular weight excluding hydrogens is 332 g/mol. The number of benzene rings is 2. The minimum Gasteiger partial charge on any atom is -0.450 e. The fourth-order valence-electron chi connectivity index (χ4n) is 2.97. The largest absolute Gasteiger partial charge is 0.450 e. The van der Waals surface area contributed by atoms with Gasteiger partial charge in [-0.05, 0) is 44.0 Å². The Morgan fingerprint density at radius 2 is 1.92 bits per heavy atom. The highest BCUT2D eigenvalue weighted by Crippen LogP contribution is 2.29. The van der Waals surface area contributed by atoms with Gasteiger partial charge in [0.25, 0.3) is 5.91 Å². The van der Waals surface area contributed by atoms with Crippen molar-refractivity contribution in [2.45, 2.75) is 27.3 Å². The second kappa shape index (κ2) is 6.01. The zero-order valence-corrected chi connectivity index (χ0v) is 15.2. The summed E-state index contributed by atoms with van der Waals surface area (Å²) >= 11 is 1.59. The number of furan rings is 1. The monoisotopic (exact) mass is 350 g/mol. The van der Waals surface area contributed by atoms with Crippen LogP contribution in [-0.4, -0.2) is 10.9 Å². The lowest BCUT2D eigenvalue weighted by Crippen LogP contribution is -2.22. The number of para-hydroxylation sites is 1. The van der Waals surface area contributed by atoms with E-state index in [0.29, 0.717) is 12.3 Å². The number of amides is 1. The van der Waals surface area contributed by atoms with Crippen molar-refractivity contribution in [1.82, 2.24) is 10.3 Å². The molecule has 0 fully saturated rings. The normalized spacial score (nSPS) is 11.3. The summed E-state index contributed by atoms with van der Waals surface area (Å²) in [4.78, 5) is 17.1. The molecule has 0 saturated heterocycles. The molecule has 126 valence electrons. The summed E-state index contributed by atoms with van der Waals surface area (Å²) in [6, 6.07) is 12.0. The molecule has 4 nitrogen and oxygen atoms in total. The van der Waals surface area contributed by atoms with E-state index in [1.807, 2.05) is 51.1 Å². The van der Waals surface area contributed by atoms with Crippen molar-refractivity contribution in [2.75, 3.05) is 0 Å². The number of carbonyl (C=O) groups is 1. The van der Waals surface area contributed by atoms with E-state index in [1.54, 1.807) is 11.3 Å². The highest BCUT2D eigenvalue weighted by Gasteiger charge is 2.19. The van der Waals surface area contributed by atoms with Gasteiger partial charge in [0.2, 0.25) is 0 Å². The third kappa shape index (κ3) is 2.70. The molecule has 25 heavy (non-hydrogen) atoms. The summed E-state index contributed by atoms with van der Waals surface area (Å²) in [6.45, 7) is 6.38. The van der Waals surface area contributed by atoms with Crippen LogP contribution < -0.4 is 5.32 Å². The molecule has 4 rings (SSSR count). The quantitative estimate of drug-likeness (QED) is 0.572. The van der Waals surface area contributed by atoms with Crippen LogP contribution in [0.4, 0.5) is 0 Å².